The molecule has 0 aliphatic carbocycles. The maximum Gasteiger partial charge on any atom is 0.244 e. The molecule has 2 saturated heterocycles. The Hall–Kier alpha value is -1.07. The van der Waals surface area contributed by atoms with Crippen molar-refractivity contribution in [3.05, 3.63) is 18.0 Å². The van der Waals surface area contributed by atoms with Crippen molar-refractivity contribution in [2.75, 3.05) is 7.05 Å². The summed E-state index contributed by atoms with van der Waals surface area (Å²) in [6, 6.07) is 0.687. The zero-order valence-corrected chi connectivity index (χ0v) is 12.9. The topological polar surface area (TPSA) is 50.2 Å². The lowest BCUT2D eigenvalue weighted by molar-refractivity contribution is -0.137. The molecule has 2 aliphatic rings. The smallest absolute Gasteiger partial charge is 0.244 e. The van der Waals surface area contributed by atoms with Crippen molar-refractivity contribution in [2.24, 2.45) is 7.05 Å². The molecular formula is C14H23ClN4O. The highest BCUT2D eigenvalue weighted by Gasteiger charge is 2.41. The third-order valence-corrected chi connectivity index (χ3v) is 4.54. The largest absolute Gasteiger partial charge is 0.335 e. The first-order chi connectivity index (χ1) is 9.20. The van der Waals surface area contributed by atoms with Gasteiger partial charge in [0.25, 0.3) is 0 Å². The minimum atomic E-state index is -0.255. The van der Waals surface area contributed by atoms with Crippen molar-refractivity contribution in [3.8, 4) is 0 Å². The van der Waals surface area contributed by atoms with Crippen LogP contribution in [-0.2, 0) is 11.8 Å². The van der Waals surface area contributed by atoms with Crippen LogP contribution >= 0.6 is 12.4 Å². The minimum Gasteiger partial charge on any atom is -0.335 e. The van der Waals surface area contributed by atoms with E-state index >= 15 is 0 Å². The Morgan fingerprint density at radius 3 is 2.50 bits per heavy atom. The van der Waals surface area contributed by atoms with Crippen LogP contribution in [0.4, 0.5) is 0 Å². The summed E-state index contributed by atoms with van der Waals surface area (Å²) in [5.74, 6) is 0.225. The number of halogens is 1. The van der Waals surface area contributed by atoms with Crippen LogP contribution in [0.15, 0.2) is 12.4 Å². The standard InChI is InChI=1S/C14H22N4O.ClH/c1-15-13(10-8-16-17(2)9-10)14(19)18-11-4-3-5-12(18)7-6-11;/h8-9,11-13,15H,3-7H2,1-2H3;1H. The maximum atomic E-state index is 12.8. The molecule has 3 heterocycles. The Kier molecular flexibility index (Phi) is 4.70. The average Bonchev–Trinajstić information content (AvgIpc) is 2.92. The van der Waals surface area contributed by atoms with E-state index in [4.69, 9.17) is 0 Å². The van der Waals surface area contributed by atoms with Crippen LogP contribution in [0.1, 0.15) is 43.7 Å². The van der Waals surface area contributed by atoms with Crippen molar-refractivity contribution >= 4 is 18.3 Å². The van der Waals surface area contributed by atoms with Gasteiger partial charge < -0.3 is 10.2 Å². The fourth-order valence-electron chi connectivity index (χ4n) is 3.65. The maximum absolute atomic E-state index is 12.8. The van der Waals surface area contributed by atoms with Crippen molar-refractivity contribution < 1.29 is 4.79 Å². The average molecular weight is 299 g/mol. The molecule has 2 aliphatic heterocycles. The molecule has 1 amide bonds. The van der Waals surface area contributed by atoms with Crippen molar-refractivity contribution in [1.82, 2.24) is 20.0 Å². The molecule has 2 fully saturated rings. The van der Waals surface area contributed by atoms with Crippen LogP contribution in [0, 0.1) is 0 Å². The third-order valence-electron chi connectivity index (χ3n) is 4.54. The first kappa shape index (κ1) is 15.3. The van der Waals surface area contributed by atoms with Gasteiger partial charge in [-0.1, -0.05) is 0 Å². The van der Waals surface area contributed by atoms with Crippen LogP contribution in [0.25, 0.3) is 0 Å². The number of carbonyl (C=O) groups excluding carboxylic acids is 1. The lowest BCUT2D eigenvalue weighted by Crippen LogP contribution is -2.48. The van der Waals surface area contributed by atoms with E-state index in [9.17, 15) is 4.79 Å². The van der Waals surface area contributed by atoms with E-state index in [1.807, 2.05) is 20.3 Å². The predicted octanol–water partition coefficient (Wildman–Crippen LogP) is 1.65. The normalized spacial score (nSPS) is 26.2. The van der Waals surface area contributed by atoms with E-state index in [-0.39, 0.29) is 24.4 Å². The molecule has 2 bridgehead atoms. The van der Waals surface area contributed by atoms with Gasteiger partial charge in [-0.05, 0) is 39.2 Å². The molecule has 3 atom stereocenters. The van der Waals surface area contributed by atoms with Gasteiger partial charge in [0, 0.05) is 30.9 Å². The lowest BCUT2D eigenvalue weighted by atomic mass is 10.0. The fraction of sp³-hybridized carbons (Fsp3) is 0.714. The van der Waals surface area contributed by atoms with Crippen LogP contribution in [0.3, 0.4) is 0 Å². The summed E-state index contributed by atoms with van der Waals surface area (Å²) in [4.78, 5) is 15.0. The van der Waals surface area contributed by atoms with Crippen molar-refractivity contribution in [3.63, 3.8) is 0 Å². The summed E-state index contributed by atoms with van der Waals surface area (Å²) >= 11 is 0. The number of hydrogen-bond acceptors (Lipinski definition) is 3. The highest BCUT2D eigenvalue weighted by Crippen LogP contribution is 2.37. The first-order valence-electron chi connectivity index (χ1n) is 7.18. The Balaban J connectivity index is 0.00000147. The molecule has 0 radical (unpaired) electrons. The molecule has 1 N–H and O–H groups in total. The zero-order chi connectivity index (χ0) is 13.4. The lowest BCUT2D eigenvalue weighted by Gasteiger charge is -2.37. The van der Waals surface area contributed by atoms with Gasteiger partial charge in [-0.25, -0.2) is 0 Å². The fourth-order valence-corrected chi connectivity index (χ4v) is 3.65. The second kappa shape index (κ2) is 6.14. The number of carbonyl (C=O) groups is 1. The molecular weight excluding hydrogens is 276 g/mol. The summed E-state index contributed by atoms with van der Waals surface area (Å²) in [7, 11) is 3.73. The highest BCUT2D eigenvalue weighted by atomic mass is 35.5. The van der Waals surface area contributed by atoms with E-state index in [0.29, 0.717) is 12.1 Å². The molecule has 1 aromatic rings. The molecule has 3 unspecified atom stereocenters. The van der Waals surface area contributed by atoms with E-state index in [1.165, 1.54) is 32.1 Å². The molecule has 20 heavy (non-hydrogen) atoms. The summed E-state index contributed by atoms with van der Waals surface area (Å²) in [6.45, 7) is 0. The highest BCUT2D eigenvalue weighted by molar-refractivity contribution is 5.85. The molecule has 112 valence electrons. The number of aryl methyl sites for hydroxylation is 1. The number of nitrogens with zero attached hydrogens (tertiary/aromatic N) is 3. The summed E-state index contributed by atoms with van der Waals surface area (Å²) in [6.07, 6.45) is 9.68. The van der Waals surface area contributed by atoms with Gasteiger partial charge in [0.15, 0.2) is 0 Å². The van der Waals surface area contributed by atoms with Gasteiger partial charge in [-0.2, -0.15) is 5.10 Å². The van der Waals surface area contributed by atoms with Crippen LogP contribution in [-0.4, -0.2) is 39.7 Å². The third kappa shape index (κ3) is 2.56. The van der Waals surface area contributed by atoms with Gasteiger partial charge in [0.1, 0.15) is 6.04 Å². The molecule has 3 rings (SSSR count). The van der Waals surface area contributed by atoms with E-state index < -0.39 is 0 Å². The second-order valence-corrected chi connectivity index (χ2v) is 5.73. The molecule has 1 aromatic heterocycles. The second-order valence-electron chi connectivity index (χ2n) is 5.73. The monoisotopic (exact) mass is 298 g/mol. The van der Waals surface area contributed by atoms with Gasteiger partial charge in [0.2, 0.25) is 5.91 Å². The number of fused-ring (bicyclic) bond motifs is 2. The molecule has 0 aromatic carbocycles. The van der Waals surface area contributed by atoms with Crippen molar-refractivity contribution in [2.45, 2.75) is 50.2 Å². The van der Waals surface area contributed by atoms with Gasteiger partial charge in [-0.3, -0.25) is 9.48 Å². The number of rotatable bonds is 3. The molecule has 5 nitrogen and oxygen atoms in total. The first-order valence-corrected chi connectivity index (χ1v) is 7.18. The summed E-state index contributed by atoms with van der Waals surface area (Å²) in [5.41, 5.74) is 0.958. The van der Waals surface area contributed by atoms with E-state index in [0.717, 1.165) is 5.56 Å². The molecule has 6 heteroatoms. The molecule has 0 spiro atoms. The number of likely N-dealkylation sites (N-methyl/N-ethyl adjacent to an activating group) is 1. The minimum absolute atomic E-state index is 0. The van der Waals surface area contributed by atoms with Crippen LogP contribution in [0.5, 0.6) is 0 Å². The SMILES string of the molecule is CNC(C(=O)N1C2CCCC1CC2)c1cnn(C)c1.Cl. The Bertz CT molecular complexity index is 459. The Labute approximate surface area is 126 Å². The number of hydrogen-bond donors (Lipinski definition) is 1. The Morgan fingerprint density at radius 2 is 2.00 bits per heavy atom. The number of aromatic nitrogens is 2. The Morgan fingerprint density at radius 1 is 1.35 bits per heavy atom. The van der Waals surface area contributed by atoms with Gasteiger partial charge in [0.05, 0.1) is 6.20 Å². The predicted molar refractivity (Wildman–Crippen MR) is 79.8 cm³/mol. The quantitative estimate of drug-likeness (QED) is 0.923. The molecule has 0 saturated carbocycles. The van der Waals surface area contributed by atoms with E-state index in [1.54, 1.807) is 10.9 Å². The van der Waals surface area contributed by atoms with E-state index in [2.05, 4.69) is 15.3 Å². The van der Waals surface area contributed by atoms with Crippen LogP contribution < -0.4 is 5.32 Å². The number of piperidine rings is 1. The zero-order valence-electron chi connectivity index (χ0n) is 12.1. The van der Waals surface area contributed by atoms with Crippen LogP contribution in [0.2, 0.25) is 0 Å². The van der Waals surface area contributed by atoms with Gasteiger partial charge in [-0.15, -0.1) is 12.4 Å². The number of amides is 1. The van der Waals surface area contributed by atoms with Gasteiger partial charge >= 0.3 is 0 Å². The van der Waals surface area contributed by atoms with Crippen molar-refractivity contribution in [1.29, 1.82) is 0 Å². The number of nitrogens with one attached hydrogen (secondary N) is 1. The summed E-state index contributed by atoms with van der Waals surface area (Å²) in [5, 5.41) is 7.33. The summed E-state index contributed by atoms with van der Waals surface area (Å²) < 4.78 is 1.75.